The van der Waals surface area contributed by atoms with Crippen LogP contribution in [0, 0.1) is 0 Å². The predicted octanol–water partition coefficient (Wildman–Crippen LogP) is 6.80. The van der Waals surface area contributed by atoms with E-state index in [-0.39, 0.29) is 12.1 Å². The maximum atomic E-state index is 12.3. The fourth-order valence-electron chi connectivity index (χ4n) is 5.11. The van der Waals surface area contributed by atoms with E-state index in [1.165, 1.54) is 0 Å². The van der Waals surface area contributed by atoms with Gasteiger partial charge in [0.15, 0.2) is 0 Å². The number of nitrogens with one attached hydrogen (secondary N) is 1. The van der Waals surface area contributed by atoms with Crippen LogP contribution < -0.4 is 24.4 Å². The minimum Gasteiger partial charge on any atom is -0.489 e. The Morgan fingerprint density at radius 2 is 1.55 bits per heavy atom. The van der Waals surface area contributed by atoms with Crippen LogP contribution in [0.25, 0.3) is 0 Å². The Labute approximate surface area is 258 Å². The van der Waals surface area contributed by atoms with E-state index >= 15 is 0 Å². The number of hydrogen-bond acceptors (Lipinski definition) is 8. The van der Waals surface area contributed by atoms with Gasteiger partial charge in [0, 0.05) is 30.9 Å². The molecule has 1 fully saturated rings. The Bertz CT molecular complexity index is 1570. The zero-order chi connectivity index (χ0) is 30.5. The molecule has 0 spiro atoms. The molecule has 228 valence electrons. The summed E-state index contributed by atoms with van der Waals surface area (Å²) >= 11 is 0. The first-order valence-electron chi connectivity index (χ1n) is 14.9. The van der Waals surface area contributed by atoms with Crippen LogP contribution in [0.3, 0.4) is 0 Å². The van der Waals surface area contributed by atoms with E-state index < -0.39 is 5.60 Å². The highest BCUT2D eigenvalue weighted by Crippen LogP contribution is 2.42. The highest BCUT2D eigenvalue weighted by atomic mass is 16.6. The number of nitrogens with zero attached hydrogens (tertiary/aromatic N) is 3. The van der Waals surface area contributed by atoms with Crippen LogP contribution in [-0.2, 0) is 18.0 Å². The quantitative estimate of drug-likeness (QED) is 0.227. The summed E-state index contributed by atoms with van der Waals surface area (Å²) in [4.78, 5) is 21.0. The molecule has 2 aliphatic rings. The molecule has 0 radical (unpaired) electrons. The predicted molar refractivity (Wildman–Crippen MR) is 170 cm³/mol. The molecule has 0 atom stereocenters. The molecule has 0 saturated carbocycles. The lowest BCUT2D eigenvalue weighted by Crippen LogP contribution is -2.57. The van der Waals surface area contributed by atoms with Gasteiger partial charge in [0.05, 0.1) is 18.3 Å². The summed E-state index contributed by atoms with van der Waals surface area (Å²) in [6, 6.07) is 30.2. The fraction of sp³-hybridized carbons (Fsp3) is 0.314. The molecule has 0 aliphatic carbocycles. The van der Waals surface area contributed by atoms with Gasteiger partial charge in [0.2, 0.25) is 11.8 Å². The standard InChI is InChI=1S/C35H38N4O5/c1-35(2,3)44-34(40)38-21-28(22-38)36-27-14-15-29-31(20-27)41-19-18-39(29)30-16-17-32(42-23-25-10-6-4-7-11-25)37-33(30)43-24-26-12-8-5-9-13-26/h4-17,20,28,36H,18-19,21-24H2,1-3H3. The Morgan fingerprint density at radius 1 is 0.886 bits per heavy atom. The average molecular weight is 595 g/mol. The highest BCUT2D eigenvalue weighted by molar-refractivity contribution is 5.76. The lowest BCUT2D eigenvalue weighted by molar-refractivity contribution is 0.0105. The smallest absolute Gasteiger partial charge is 0.410 e. The van der Waals surface area contributed by atoms with Gasteiger partial charge in [-0.15, -0.1) is 0 Å². The maximum Gasteiger partial charge on any atom is 0.410 e. The lowest BCUT2D eigenvalue weighted by Gasteiger charge is -2.40. The summed E-state index contributed by atoms with van der Waals surface area (Å²) in [5.41, 5.74) is 4.31. The molecule has 0 bridgehead atoms. The second kappa shape index (κ2) is 12.8. The summed E-state index contributed by atoms with van der Waals surface area (Å²) in [6.07, 6.45) is -0.282. The second-order valence-electron chi connectivity index (χ2n) is 11.9. The van der Waals surface area contributed by atoms with Crippen LogP contribution in [0.4, 0.5) is 21.9 Å². The van der Waals surface area contributed by atoms with Crippen molar-refractivity contribution in [3.05, 3.63) is 102 Å². The van der Waals surface area contributed by atoms with Crippen LogP contribution in [0.1, 0.15) is 31.9 Å². The zero-order valence-corrected chi connectivity index (χ0v) is 25.4. The van der Waals surface area contributed by atoms with E-state index in [0.717, 1.165) is 33.9 Å². The van der Waals surface area contributed by atoms with E-state index in [9.17, 15) is 4.79 Å². The van der Waals surface area contributed by atoms with Crippen molar-refractivity contribution in [2.24, 2.45) is 0 Å². The summed E-state index contributed by atoms with van der Waals surface area (Å²) in [5, 5.41) is 3.51. The molecule has 44 heavy (non-hydrogen) atoms. The number of amides is 1. The van der Waals surface area contributed by atoms with Crippen molar-refractivity contribution in [2.75, 3.05) is 36.5 Å². The van der Waals surface area contributed by atoms with E-state index in [1.807, 2.05) is 112 Å². The first kappa shape index (κ1) is 29.2. The number of likely N-dealkylation sites (tertiary alicyclic amines) is 1. The third kappa shape index (κ3) is 7.16. The SMILES string of the molecule is CC(C)(C)OC(=O)N1CC(Nc2ccc3c(c2)OCCN3c2ccc(OCc3ccccc3)nc2OCc2ccccc2)C1. The number of ether oxygens (including phenoxy) is 4. The lowest BCUT2D eigenvalue weighted by atomic mass is 10.1. The Morgan fingerprint density at radius 3 is 2.23 bits per heavy atom. The molecule has 1 amide bonds. The van der Waals surface area contributed by atoms with Crippen molar-refractivity contribution in [3.63, 3.8) is 0 Å². The number of benzene rings is 3. The van der Waals surface area contributed by atoms with Crippen molar-refractivity contribution in [3.8, 4) is 17.5 Å². The fourth-order valence-corrected chi connectivity index (χ4v) is 5.11. The van der Waals surface area contributed by atoms with Gasteiger partial charge >= 0.3 is 6.09 Å². The molecule has 0 unspecified atom stereocenters. The molecule has 4 aromatic rings. The molecule has 1 saturated heterocycles. The normalized spacial score (nSPS) is 14.6. The van der Waals surface area contributed by atoms with Crippen LogP contribution in [0.15, 0.2) is 91.0 Å². The number of anilines is 3. The van der Waals surface area contributed by atoms with E-state index in [2.05, 4.69) is 10.2 Å². The minimum absolute atomic E-state index is 0.144. The van der Waals surface area contributed by atoms with Crippen molar-refractivity contribution in [1.29, 1.82) is 0 Å². The van der Waals surface area contributed by atoms with Gasteiger partial charge in [-0.05, 0) is 50.1 Å². The Balaban J connectivity index is 1.17. The molecule has 1 N–H and O–H groups in total. The summed E-state index contributed by atoms with van der Waals surface area (Å²) in [6.45, 7) is 8.75. The number of hydrogen-bond donors (Lipinski definition) is 1. The first-order chi connectivity index (χ1) is 21.3. The topological polar surface area (TPSA) is 85.4 Å². The van der Waals surface area contributed by atoms with Gasteiger partial charge in [-0.3, -0.25) is 0 Å². The van der Waals surface area contributed by atoms with Crippen molar-refractivity contribution < 1.29 is 23.7 Å². The van der Waals surface area contributed by atoms with Crippen molar-refractivity contribution in [2.45, 2.75) is 45.6 Å². The molecule has 6 rings (SSSR count). The molecule has 3 aromatic carbocycles. The monoisotopic (exact) mass is 594 g/mol. The van der Waals surface area contributed by atoms with Crippen LogP contribution in [0.5, 0.6) is 17.5 Å². The summed E-state index contributed by atoms with van der Waals surface area (Å²) in [7, 11) is 0. The van der Waals surface area contributed by atoms with Gasteiger partial charge in [0.25, 0.3) is 0 Å². The van der Waals surface area contributed by atoms with Gasteiger partial charge in [0.1, 0.15) is 36.9 Å². The zero-order valence-electron chi connectivity index (χ0n) is 25.4. The number of aromatic nitrogens is 1. The van der Waals surface area contributed by atoms with Crippen LogP contribution >= 0.6 is 0 Å². The third-order valence-corrected chi connectivity index (χ3v) is 7.28. The largest absolute Gasteiger partial charge is 0.489 e. The molecule has 9 nitrogen and oxygen atoms in total. The van der Waals surface area contributed by atoms with Gasteiger partial charge in [-0.1, -0.05) is 60.7 Å². The Hall–Kier alpha value is -4.92. The van der Waals surface area contributed by atoms with Gasteiger partial charge in [-0.25, -0.2) is 4.79 Å². The minimum atomic E-state index is -0.505. The van der Waals surface area contributed by atoms with E-state index in [4.69, 9.17) is 23.9 Å². The number of carbonyl (C=O) groups excluding carboxylic acids is 1. The van der Waals surface area contributed by atoms with E-state index in [0.29, 0.717) is 51.2 Å². The maximum absolute atomic E-state index is 12.3. The van der Waals surface area contributed by atoms with Crippen molar-refractivity contribution >= 4 is 23.2 Å². The molecule has 9 heteroatoms. The van der Waals surface area contributed by atoms with Gasteiger partial charge in [-0.2, -0.15) is 4.98 Å². The third-order valence-electron chi connectivity index (χ3n) is 7.28. The molecular formula is C35H38N4O5. The van der Waals surface area contributed by atoms with Crippen LogP contribution in [-0.4, -0.2) is 53.9 Å². The van der Waals surface area contributed by atoms with Gasteiger partial charge < -0.3 is 34.1 Å². The molecular weight excluding hydrogens is 556 g/mol. The second-order valence-corrected chi connectivity index (χ2v) is 11.9. The summed E-state index contributed by atoms with van der Waals surface area (Å²) in [5.74, 6) is 1.75. The molecule has 1 aromatic heterocycles. The number of rotatable bonds is 9. The number of carbonyl (C=O) groups is 1. The molecule has 3 heterocycles. The van der Waals surface area contributed by atoms with Crippen LogP contribution in [0.2, 0.25) is 0 Å². The average Bonchev–Trinajstić information content (AvgIpc) is 3.00. The summed E-state index contributed by atoms with van der Waals surface area (Å²) < 4.78 is 23.9. The Kier molecular flexibility index (Phi) is 8.45. The highest BCUT2D eigenvalue weighted by Gasteiger charge is 2.34. The van der Waals surface area contributed by atoms with Crippen molar-refractivity contribution in [1.82, 2.24) is 9.88 Å². The van der Waals surface area contributed by atoms with E-state index in [1.54, 1.807) is 4.90 Å². The molecule has 2 aliphatic heterocycles. The number of pyridine rings is 1. The number of fused-ring (bicyclic) bond motifs is 1. The first-order valence-corrected chi connectivity index (χ1v) is 14.9.